The molecule has 0 aromatic carbocycles. The van der Waals surface area contributed by atoms with Gasteiger partial charge in [0.1, 0.15) is 0 Å². The fourth-order valence-corrected chi connectivity index (χ4v) is 1.53. The first-order chi connectivity index (χ1) is 5.84. The van der Waals surface area contributed by atoms with Gasteiger partial charge in [-0.3, -0.25) is 4.90 Å². The van der Waals surface area contributed by atoms with E-state index in [1.807, 2.05) is 6.92 Å². The number of aryl methyl sites for hydroxylation is 1. The normalized spacial score (nSPS) is 18.8. The van der Waals surface area contributed by atoms with Gasteiger partial charge in [-0.15, -0.1) is 10.2 Å². The number of aromatic nitrogens is 2. The van der Waals surface area contributed by atoms with Crippen molar-refractivity contribution < 1.29 is 4.42 Å². The predicted molar refractivity (Wildman–Crippen MR) is 43.5 cm³/mol. The summed E-state index contributed by atoms with van der Waals surface area (Å²) in [5.41, 5.74) is 0. The molecule has 0 bridgehead atoms. The molecule has 1 saturated heterocycles. The quantitative estimate of drug-likeness (QED) is 0.658. The van der Waals surface area contributed by atoms with Gasteiger partial charge in [0.15, 0.2) is 0 Å². The summed E-state index contributed by atoms with van der Waals surface area (Å²) in [6, 6.07) is 0. The standard InChI is InChI=1S/C8H13N3O/c1-7-9-10-8(12-7)6-11-4-2-3-5-11/h2-6H2,1H3. The summed E-state index contributed by atoms with van der Waals surface area (Å²) >= 11 is 0. The lowest BCUT2D eigenvalue weighted by atomic mass is 10.4. The van der Waals surface area contributed by atoms with E-state index in [0.29, 0.717) is 5.89 Å². The van der Waals surface area contributed by atoms with E-state index in [1.165, 1.54) is 25.9 Å². The van der Waals surface area contributed by atoms with Crippen LogP contribution in [-0.4, -0.2) is 28.2 Å². The zero-order valence-electron chi connectivity index (χ0n) is 7.29. The molecule has 66 valence electrons. The first-order valence-electron chi connectivity index (χ1n) is 4.36. The van der Waals surface area contributed by atoms with Gasteiger partial charge >= 0.3 is 0 Å². The molecular weight excluding hydrogens is 154 g/mol. The Morgan fingerprint density at radius 2 is 2.08 bits per heavy atom. The lowest BCUT2D eigenvalue weighted by molar-refractivity contribution is 0.288. The van der Waals surface area contributed by atoms with Crippen molar-refractivity contribution >= 4 is 0 Å². The van der Waals surface area contributed by atoms with E-state index in [9.17, 15) is 0 Å². The van der Waals surface area contributed by atoms with E-state index in [4.69, 9.17) is 4.42 Å². The van der Waals surface area contributed by atoms with Crippen molar-refractivity contribution in [1.29, 1.82) is 0 Å². The summed E-state index contributed by atoms with van der Waals surface area (Å²) in [7, 11) is 0. The van der Waals surface area contributed by atoms with Crippen LogP contribution in [0.3, 0.4) is 0 Å². The fraction of sp³-hybridized carbons (Fsp3) is 0.750. The zero-order valence-corrected chi connectivity index (χ0v) is 7.29. The third-order valence-electron chi connectivity index (χ3n) is 2.13. The van der Waals surface area contributed by atoms with Gasteiger partial charge in [0.05, 0.1) is 6.54 Å². The van der Waals surface area contributed by atoms with Crippen molar-refractivity contribution in [2.45, 2.75) is 26.3 Å². The van der Waals surface area contributed by atoms with Gasteiger partial charge in [-0.2, -0.15) is 0 Å². The average molecular weight is 167 g/mol. The zero-order chi connectivity index (χ0) is 8.39. The molecule has 0 atom stereocenters. The maximum atomic E-state index is 5.28. The van der Waals surface area contributed by atoms with E-state index >= 15 is 0 Å². The molecule has 4 heteroatoms. The maximum Gasteiger partial charge on any atom is 0.230 e. The topological polar surface area (TPSA) is 42.2 Å². The van der Waals surface area contributed by atoms with Crippen LogP contribution in [0.4, 0.5) is 0 Å². The second kappa shape index (κ2) is 3.23. The predicted octanol–water partition coefficient (Wildman–Crippen LogP) is 0.974. The molecule has 0 N–H and O–H groups in total. The average Bonchev–Trinajstić information content (AvgIpc) is 2.63. The van der Waals surface area contributed by atoms with Gasteiger partial charge in [0, 0.05) is 6.92 Å². The molecule has 1 aliphatic heterocycles. The van der Waals surface area contributed by atoms with Crippen molar-refractivity contribution in [3.63, 3.8) is 0 Å². The summed E-state index contributed by atoms with van der Waals surface area (Å²) in [6.45, 7) is 4.98. The van der Waals surface area contributed by atoms with Crippen LogP contribution in [0.25, 0.3) is 0 Å². The summed E-state index contributed by atoms with van der Waals surface area (Å²) in [4.78, 5) is 2.34. The Morgan fingerprint density at radius 1 is 1.33 bits per heavy atom. The second-order valence-electron chi connectivity index (χ2n) is 3.20. The number of rotatable bonds is 2. The Kier molecular flexibility index (Phi) is 2.08. The first-order valence-corrected chi connectivity index (χ1v) is 4.36. The minimum absolute atomic E-state index is 0.657. The lowest BCUT2D eigenvalue weighted by Crippen LogP contribution is -2.18. The Hall–Kier alpha value is -0.900. The smallest absolute Gasteiger partial charge is 0.230 e. The lowest BCUT2D eigenvalue weighted by Gasteiger charge is -2.09. The minimum Gasteiger partial charge on any atom is -0.424 e. The second-order valence-corrected chi connectivity index (χ2v) is 3.20. The summed E-state index contributed by atoms with van der Waals surface area (Å²) < 4.78 is 5.28. The third kappa shape index (κ3) is 1.64. The highest BCUT2D eigenvalue weighted by molar-refractivity contribution is 4.80. The van der Waals surface area contributed by atoms with Gasteiger partial charge in [-0.1, -0.05) is 0 Å². The Morgan fingerprint density at radius 3 is 2.67 bits per heavy atom. The highest BCUT2D eigenvalue weighted by Gasteiger charge is 2.14. The monoisotopic (exact) mass is 167 g/mol. The Bertz CT molecular complexity index is 253. The number of likely N-dealkylation sites (tertiary alicyclic amines) is 1. The third-order valence-corrected chi connectivity index (χ3v) is 2.13. The molecule has 4 nitrogen and oxygen atoms in total. The number of hydrogen-bond acceptors (Lipinski definition) is 4. The molecular formula is C8H13N3O. The number of hydrogen-bond donors (Lipinski definition) is 0. The molecule has 1 aromatic rings. The highest BCUT2D eigenvalue weighted by Crippen LogP contribution is 2.11. The van der Waals surface area contributed by atoms with E-state index in [-0.39, 0.29) is 0 Å². The largest absolute Gasteiger partial charge is 0.424 e. The van der Waals surface area contributed by atoms with Crippen molar-refractivity contribution in [2.24, 2.45) is 0 Å². The molecule has 1 aromatic heterocycles. The summed E-state index contributed by atoms with van der Waals surface area (Å²) in [6.07, 6.45) is 2.60. The SMILES string of the molecule is Cc1nnc(CN2CCCC2)o1. The first kappa shape index (κ1) is 7.73. The fourth-order valence-electron chi connectivity index (χ4n) is 1.53. The molecule has 0 saturated carbocycles. The molecule has 0 radical (unpaired) electrons. The molecule has 0 aliphatic carbocycles. The van der Waals surface area contributed by atoms with E-state index < -0.39 is 0 Å². The van der Waals surface area contributed by atoms with Gasteiger partial charge in [-0.05, 0) is 25.9 Å². The van der Waals surface area contributed by atoms with E-state index in [2.05, 4.69) is 15.1 Å². The van der Waals surface area contributed by atoms with Crippen LogP contribution >= 0.6 is 0 Å². The molecule has 1 fully saturated rings. The molecule has 2 rings (SSSR count). The molecule has 2 heterocycles. The van der Waals surface area contributed by atoms with Crippen LogP contribution in [0.1, 0.15) is 24.6 Å². The molecule has 12 heavy (non-hydrogen) atoms. The maximum absolute atomic E-state index is 5.28. The molecule has 1 aliphatic rings. The van der Waals surface area contributed by atoms with E-state index in [0.717, 1.165) is 12.4 Å². The molecule has 0 amide bonds. The van der Waals surface area contributed by atoms with Crippen molar-refractivity contribution in [3.05, 3.63) is 11.8 Å². The van der Waals surface area contributed by atoms with Crippen LogP contribution in [-0.2, 0) is 6.54 Å². The van der Waals surface area contributed by atoms with Crippen molar-refractivity contribution in [1.82, 2.24) is 15.1 Å². The molecule has 0 spiro atoms. The molecule has 0 unspecified atom stereocenters. The Balaban J connectivity index is 1.94. The van der Waals surface area contributed by atoms with Crippen LogP contribution in [0, 0.1) is 6.92 Å². The minimum atomic E-state index is 0.657. The highest BCUT2D eigenvalue weighted by atomic mass is 16.4. The van der Waals surface area contributed by atoms with Gasteiger partial charge < -0.3 is 4.42 Å². The van der Waals surface area contributed by atoms with Gasteiger partial charge in [0.2, 0.25) is 11.8 Å². The van der Waals surface area contributed by atoms with Gasteiger partial charge in [0.25, 0.3) is 0 Å². The van der Waals surface area contributed by atoms with Crippen molar-refractivity contribution in [2.75, 3.05) is 13.1 Å². The van der Waals surface area contributed by atoms with Crippen molar-refractivity contribution in [3.8, 4) is 0 Å². The summed E-state index contributed by atoms with van der Waals surface area (Å²) in [5.74, 6) is 1.40. The van der Waals surface area contributed by atoms with Crippen LogP contribution < -0.4 is 0 Å². The van der Waals surface area contributed by atoms with Gasteiger partial charge in [-0.25, -0.2) is 0 Å². The summed E-state index contributed by atoms with van der Waals surface area (Å²) in [5, 5.41) is 7.74. The number of nitrogens with zero attached hydrogens (tertiary/aromatic N) is 3. The Labute approximate surface area is 71.6 Å². The van der Waals surface area contributed by atoms with Crippen LogP contribution in [0.2, 0.25) is 0 Å². The van der Waals surface area contributed by atoms with E-state index in [1.54, 1.807) is 0 Å². The van der Waals surface area contributed by atoms with Crippen LogP contribution in [0.15, 0.2) is 4.42 Å². The van der Waals surface area contributed by atoms with Crippen LogP contribution in [0.5, 0.6) is 0 Å².